The maximum atomic E-state index is 12.7. The Morgan fingerprint density at radius 1 is 1.03 bits per heavy atom. The lowest BCUT2D eigenvalue weighted by atomic mass is 10.0. The van der Waals surface area contributed by atoms with Gasteiger partial charge in [0.1, 0.15) is 17.2 Å². The lowest BCUT2D eigenvalue weighted by Crippen LogP contribution is -2.35. The van der Waals surface area contributed by atoms with Gasteiger partial charge in [0, 0.05) is 17.5 Å². The molecule has 0 aliphatic heterocycles. The van der Waals surface area contributed by atoms with Crippen LogP contribution in [-0.4, -0.2) is 22.5 Å². The summed E-state index contributed by atoms with van der Waals surface area (Å²) in [7, 11) is 0. The number of fused-ring (bicyclic) bond motifs is 2. The number of amides is 1. The molecule has 176 valence electrons. The second-order valence-corrected chi connectivity index (χ2v) is 8.72. The van der Waals surface area contributed by atoms with E-state index in [1.54, 1.807) is 12.1 Å². The fourth-order valence-electron chi connectivity index (χ4n) is 4.12. The van der Waals surface area contributed by atoms with Gasteiger partial charge in [0.05, 0.1) is 17.1 Å². The van der Waals surface area contributed by atoms with Crippen LogP contribution in [0.2, 0.25) is 0 Å². The Morgan fingerprint density at radius 2 is 1.80 bits per heavy atom. The Labute approximate surface area is 201 Å². The minimum Gasteiger partial charge on any atom is -0.484 e. The predicted octanol–water partition coefficient (Wildman–Crippen LogP) is 5.23. The van der Waals surface area contributed by atoms with Gasteiger partial charge in [0.25, 0.3) is 5.91 Å². The maximum Gasteiger partial charge on any atom is 0.336 e. The van der Waals surface area contributed by atoms with Crippen molar-refractivity contribution < 1.29 is 13.9 Å². The summed E-state index contributed by atoms with van der Waals surface area (Å²) in [6.07, 6.45) is 0. The van der Waals surface area contributed by atoms with Crippen LogP contribution in [0.25, 0.3) is 33.1 Å². The Kier molecular flexibility index (Phi) is 6.06. The van der Waals surface area contributed by atoms with Gasteiger partial charge in [-0.05, 0) is 41.3 Å². The monoisotopic (exact) mass is 467 g/mol. The molecule has 2 aromatic heterocycles. The minimum absolute atomic E-state index is 0.117. The largest absolute Gasteiger partial charge is 0.484 e. The zero-order valence-corrected chi connectivity index (χ0v) is 19.4. The van der Waals surface area contributed by atoms with Crippen molar-refractivity contribution in [3.8, 4) is 16.9 Å². The molecule has 5 rings (SSSR count). The summed E-state index contributed by atoms with van der Waals surface area (Å²) in [5.41, 5.74) is 3.43. The number of para-hydroxylation sites is 2. The van der Waals surface area contributed by atoms with E-state index in [2.05, 4.69) is 15.3 Å². The second-order valence-electron chi connectivity index (χ2n) is 8.72. The lowest BCUT2D eigenvalue weighted by Gasteiger charge is -2.20. The van der Waals surface area contributed by atoms with E-state index < -0.39 is 5.63 Å². The number of imidazole rings is 1. The standard InChI is InChI=1S/C28H25N3O4/c1-17(2)27(28-29-22-10-6-7-11-23(22)30-28)31-25(32)16-34-19-12-13-20-21(18-8-4-3-5-9-18)15-26(33)35-24(20)14-19/h3-15,17,27H,16H2,1-2H3,(H,29,30)(H,31,32). The molecule has 0 aliphatic rings. The van der Waals surface area contributed by atoms with Crippen LogP contribution in [0.4, 0.5) is 0 Å². The van der Waals surface area contributed by atoms with Crippen molar-refractivity contribution >= 4 is 27.9 Å². The first-order chi connectivity index (χ1) is 17.0. The van der Waals surface area contributed by atoms with Gasteiger partial charge in [0.15, 0.2) is 6.61 Å². The number of carbonyl (C=O) groups is 1. The molecule has 7 heteroatoms. The van der Waals surface area contributed by atoms with Crippen molar-refractivity contribution in [3.63, 3.8) is 0 Å². The van der Waals surface area contributed by atoms with Gasteiger partial charge in [-0.15, -0.1) is 0 Å². The lowest BCUT2D eigenvalue weighted by molar-refractivity contribution is -0.124. The summed E-state index contributed by atoms with van der Waals surface area (Å²) >= 11 is 0. The van der Waals surface area contributed by atoms with Crippen LogP contribution < -0.4 is 15.7 Å². The van der Waals surface area contributed by atoms with E-state index in [9.17, 15) is 9.59 Å². The predicted molar refractivity (Wildman–Crippen MR) is 135 cm³/mol. The second kappa shape index (κ2) is 9.46. The highest BCUT2D eigenvalue weighted by atomic mass is 16.5. The molecule has 1 unspecified atom stereocenters. The molecule has 2 N–H and O–H groups in total. The Morgan fingerprint density at radius 3 is 2.57 bits per heavy atom. The maximum absolute atomic E-state index is 12.7. The van der Waals surface area contributed by atoms with E-state index in [-0.39, 0.29) is 24.5 Å². The quantitative estimate of drug-likeness (QED) is 0.320. The highest BCUT2D eigenvalue weighted by Crippen LogP contribution is 2.29. The number of nitrogens with one attached hydrogen (secondary N) is 2. The van der Waals surface area contributed by atoms with Crippen molar-refractivity contribution in [3.05, 3.63) is 95.1 Å². The van der Waals surface area contributed by atoms with Gasteiger partial charge in [-0.3, -0.25) is 4.79 Å². The third-order valence-corrected chi connectivity index (χ3v) is 5.86. The average Bonchev–Trinajstić information content (AvgIpc) is 3.29. The number of benzene rings is 3. The summed E-state index contributed by atoms with van der Waals surface area (Å²) in [6.45, 7) is 3.86. The van der Waals surface area contributed by atoms with Gasteiger partial charge in [-0.1, -0.05) is 56.3 Å². The Bertz CT molecular complexity index is 1520. The first kappa shape index (κ1) is 22.4. The third-order valence-electron chi connectivity index (χ3n) is 5.86. The van der Waals surface area contributed by atoms with E-state index >= 15 is 0 Å². The van der Waals surface area contributed by atoms with Crippen molar-refractivity contribution in [1.29, 1.82) is 0 Å². The number of hydrogen-bond acceptors (Lipinski definition) is 5. The molecule has 0 saturated carbocycles. The average molecular weight is 468 g/mol. The SMILES string of the molecule is CC(C)C(NC(=O)COc1ccc2c(-c3ccccc3)cc(=O)oc2c1)c1nc2ccccc2[nH]1. The van der Waals surface area contributed by atoms with Gasteiger partial charge in [-0.25, -0.2) is 9.78 Å². The number of rotatable bonds is 7. The van der Waals surface area contributed by atoms with E-state index in [1.165, 1.54) is 6.07 Å². The molecule has 3 aromatic carbocycles. The van der Waals surface area contributed by atoms with E-state index in [4.69, 9.17) is 9.15 Å². The van der Waals surface area contributed by atoms with Crippen LogP contribution in [0.15, 0.2) is 88.1 Å². The first-order valence-corrected chi connectivity index (χ1v) is 11.5. The van der Waals surface area contributed by atoms with Crippen LogP contribution in [-0.2, 0) is 4.79 Å². The number of carbonyl (C=O) groups excluding carboxylic acids is 1. The molecular formula is C28H25N3O4. The molecule has 1 atom stereocenters. The highest BCUT2D eigenvalue weighted by Gasteiger charge is 2.22. The summed E-state index contributed by atoms with van der Waals surface area (Å²) in [6, 6.07) is 23.8. The number of hydrogen-bond donors (Lipinski definition) is 2. The fraction of sp³-hybridized carbons (Fsp3) is 0.179. The van der Waals surface area contributed by atoms with Crippen molar-refractivity contribution in [1.82, 2.24) is 15.3 Å². The van der Waals surface area contributed by atoms with E-state index in [1.807, 2.05) is 74.5 Å². The van der Waals surface area contributed by atoms with Crippen LogP contribution in [0, 0.1) is 5.92 Å². The van der Waals surface area contributed by atoms with Crippen LogP contribution in [0.3, 0.4) is 0 Å². The summed E-state index contributed by atoms with van der Waals surface area (Å²) in [4.78, 5) is 32.8. The topological polar surface area (TPSA) is 97.2 Å². The molecule has 2 heterocycles. The highest BCUT2D eigenvalue weighted by molar-refractivity contribution is 5.93. The van der Waals surface area contributed by atoms with Crippen LogP contribution in [0.1, 0.15) is 25.7 Å². The number of aromatic nitrogens is 2. The molecule has 0 fully saturated rings. The van der Waals surface area contributed by atoms with Crippen molar-refractivity contribution in [2.75, 3.05) is 6.61 Å². The van der Waals surface area contributed by atoms with Crippen LogP contribution >= 0.6 is 0 Å². The molecule has 7 nitrogen and oxygen atoms in total. The molecular weight excluding hydrogens is 442 g/mol. The number of aromatic amines is 1. The van der Waals surface area contributed by atoms with Gasteiger partial charge in [0.2, 0.25) is 0 Å². The molecule has 0 aliphatic carbocycles. The van der Waals surface area contributed by atoms with Gasteiger partial charge >= 0.3 is 5.63 Å². The molecule has 0 saturated heterocycles. The van der Waals surface area contributed by atoms with E-state index in [0.29, 0.717) is 17.2 Å². The fourth-order valence-corrected chi connectivity index (χ4v) is 4.12. The zero-order chi connectivity index (χ0) is 24.4. The smallest absolute Gasteiger partial charge is 0.336 e. The molecule has 0 spiro atoms. The number of H-pyrrole nitrogens is 1. The molecule has 0 bridgehead atoms. The Hall–Kier alpha value is -4.39. The summed E-state index contributed by atoms with van der Waals surface area (Å²) < 4.78 is 11.1. The van der Waals surface area contributed by atoms with Crippen molar-refractivity contribution in [2.45, 2.75) is 19.9 Å². The summed E-state index contributed by atoms with van der Waals surface area (Å²) in [5.74, 6) is 0.982. The first-order valence-electron chi connectivity index (χ1n) is 11.5. The van der Waals surface area contributed by atoms with E-state index in [0.717, 1.165) is 27.5 Å². The number of nitrogens with zero attached hydrogens (tertiary/aromatic N) is 1. The Balaban J connectivity index is 1.32. The van der Waals surface area contributed by atoms with Crippen LogP contribution in [0.5, 0.6) is 5.75 Å². The molecule has 0 radical (unpaired) electrons. The zero-order valence-electron chi connectivity index (χ0n) is 19.4. The number of ether oxygens (including phenoxy) is 1. The molecule has 35 heavy (non-hydrogen) atoms. The van der Waals surface area contributed by atoms with Crippen molar-refractivity contribution in [2.24, 2.45) is 5.92 Å². The molecule has 1 amide bonds. The normalized spacial score (nSPS) is 12.2. The molecule has 5 aromatic rings. The summed E-state index contributed by atoms with van der Waals surface area (Å²) in [5, 5.41) is 3.80. The van der Waals surface area contributed by atoms with Gasteiger partial charge in [-0.2, -0.15) is 0 Å². The van der Waals surface area contributed by atoms with Gasteiger partial charge < -0.3 is 19.5 Å². The third kappa shape index (κ3) is 4.80. The minimum atomic E-state index is -0.447.